The van der Waals surface area contributed by atoms with Crippen LogP contribution in [0.3, 0.4) is 0 Å². The quantitative estimate of drug-likeness (QED) is 0.770. The minimum Gasteiger partial charge on any atom is -0.376 e. The predicted octanol–water partition coefficient (Wildman–Crippen LogP) is 2.84. The van der Waals surface area contributed by atoms with Crippen molar-refractivity contribution in [3.05, 3.63) is 60.7 Å². The smallest absolute Gasteiger partial charge is 0.240 e. The molecule has 2 aromatic carbocycles. The first-order chi connectivity index (χ1) is 12.8. The Morgan fingerprint density at radius 1 is 1.08 bits per heavy atom. The molecule has 134 valence electrons. The molecule has 0 spiro atoms. The van der Waals surface area contributed by atoms with Gasteiger partial charge in [0.1, 0.15) is 6.54 Å². The van der Waals surface area contributed by atoms with Gasteiger partial charge in [0.25, 0.3) is 0 Å². The van der Waals surface area contributed by atoms with Gasteiger partial charge in [-0.25, -0.2) is 0 Å². The number of benzene rings is 2. The van der Waals surface area contributed by atoms with E-state index in [2.05, 4.69) is 34.1 Å². The molecule has 3 aromatic rings. The average Bonchev–Trinajstić information content (AvgIpc) is 3.06. The molecule has 1 saturated heterocycles. The van der Waals surface area contributed by atoms with Gasteiger partial charge in [-0.1, -0.05) is 48.5 Å². The zero-order valence-electron chi connectivity index (χ0n) is 14.6. The molecule has 1 aliphatic rings. The minimum absolute atomic E-state index is 0.0299. The highest BCUT2D eigenvalue weighted by atomic mass is 16.6. The summed E-state index contributed by atoms with van der Waals surface area (Å²) in [6.07, 6.45) is -0.0669. The number of aromatic nitrogens is 1. The van der Waals surface area contributed by atoms with Crippen molar-refractivity contribution in [3.63, 3.8) is 0 Å². The lowest BCUT2D eigenvalue weighted by Crippen LogP contribution is -2.40. The third kappa shape index (κ3) is 3.64. The first-order valence-electron chi connectivity index (χ1n) is 8.91. The van der Waals surface area contributed by atoms with E-state index in [0.717, 1.165) is 22.2 Å². The minimum atomic E-state index is -0.0669. The van der Waals surface area contributed by atoms with E-state index in [1.807, 2.05) is 36.4 Å². The van der Waals surface area contributed by atoms with Crippen LogP contribution in [0.15, 0.2) is 60.7 Å². The van der Waals surface area contributed by atoms with Gasteiger partial charge in [0.15, 0.2) is 0 Å². The summed E-state index contributed by atoms with van der Waals surface area (Å²) in [5.74, 6) is -0.0299. The molecule has 1 fully saturated rings. The Bertz CT molecular complexity index is 883. The maximum absolute atomic E-state index is 12.6. The van der Waals surface area contributed by atoms with E-state index < -0.39 is 0 Å². The highest BCUT2D eigenvalue weighted by Gasteiger charge is 2.17. The van der Waals surface area contributed by atoms with Crippen molar-refractivity contribution in [2.24, 2.45) is 0 Å². The Balaban J connectivity index is 1.55. The van der Waals surface area contributed by atoms with E-state index in [-0.39, 0.29) is 18.6 Å². The molecule has 26 heavy (non-hydrogen) atoms. The van der Waals surface area contributed by atoms with Gasteiger partial charge >= 0.3 is 0 Å². The van der Waals surface area contributed by atoms with Crippen molar-refractivity contribution < 1.29 is 14.3 Å². The SMILES string of the molecule is O=C(Cn1c(-c2ccccc2)cc2ccccc21)NCC1COCCO1. The third-order valence-corrected chi connectivity index (χ3v) is 4.59. The highest BCUT2D eigenvalue weighted by molar-refractivity contribution is 5.89. The molecule has 1 aliphatic heterocycles. The van der Waals surface area contributed by atoms with Crippen molar-refractivity contribution in [3.8, 4) is 11.3 Å². The molecule has 5 heteroatoms. The molecule has 0 radical (unpaired) electrons. The number of fused-ring (bicyclic) bond motifs is 1. The lowest BCUT2D eigenvalue weighted by molar-refractivity contribution is -0.124. The summed E-state index contributed by atoms with van der Waals surface area (Å²) >= 11 is 0. The number of hydrogen-bond acceptors (Lipinski definition) is 3. The topological polar surface area (TPSA) is 52.5 Å². The van der Waals surface area contributed by atoms with Crippen molar-refractivity contribution in [2.45, 2.75) is 12.6 Å². The number of nitrogens with zero attached hydrogens (tertiary/aromatic N) is 1. The Morgan fingerprint density at radius 2 is 1.88 bits per heavy atom. The second-order valence-corrected chi connectivity index (χ2v) is 6.41. The summed E-state index contributed by atoms with van der Waals surface area (Å²) in [7, 11) is 0. The van der Waals surface area contributed by atoms with Gasteiger partial charge in [-0.2, -0.15) is 0 Å². The maximum Gasteiger partial charge on any atom is 0.240 e. The summed E-state index contributed by atoms with van der Waals surface area (Å²) < 4.78 is 13.0. The Kier molecular flexibility index (Phi) is 5.00. The summed E-state index contributed by atoms with van der Waals surface area (Å²) in [5.41, 5.74) is 3.19. The largest absolute Gasteiger partial charge is 0.376 e. The van der Waals surface area contributed by atoms with E-state index in [9.17, 15) is 4.79 Å². The standard InChI is InChI=1S/C21H22N2O3/c24-21(22-13-18-15-25-10-11-26-18)14-23-19-9-5-4-8-17(19)12-20(23)16-6-2-1-3-7-16/h1-9,12,18H,10-11,13-15H2,(H,22,24). The fraction of sp³-hybridized carbons (Fsp3) is 0.286. The first-order valence-corrected chi connectivity index (χ1v) is 8.91. The van der Waals surface area contributed by atoms with Crippen LogP contribution in [0.25, 0.3) is 22.2 Å². The number of carbonyl (C=O) groups is 1. The van der Waals surface area contributed by atoms with Crippen molar-refractivity contribution in [1.29, 1.82) is 0 Å². The molecule has 1 N–H and O–H groups in total. The zero-order chi connectivity index (χ0) is 17.8. The Hall–Kier alpha value is -2.63. The zero-order valence-corrected chi connectivity index (χ0v) is 14.6. The van der Waals surface area contributed by atoms with Gasteiger partial charge in [-0.3, -0.25) is 4.79 Å². The van der Waals surface area contributed by atoms with Gasteiger partial charge < -0.3 is 19.4 Å². The second-order valence-electron chi connectivity index (χ2n) is 6.41. The predicted molar refractivity (Wildman–Crippen MR) is 101 cm³/mol. The van der Waals surface area contributed by atoms with Crippen LogP contribution in [0.5, 0.6) is 0 Å². The fourth-order valence-corrected chi connectivity index (χ4v) is 3.31. The number of hydrogen-bond donors (Lipinski definition) is 1. The Morgan fingerprint density at radius 3 is 2.69 bits per heavy atom. The number of para-hydroxylation sites is 1. The van der Waals surface area contributed by atoms with Crippen molar-refractivity contribution >= 4 is 16.8 Å². The molecule has 0 saturated carbocycles. The van der Waals surface area contributed by atoms with E-state index in [4.69, 9.17) is 9.47 Å². The van der Waals surface area contributed by atoms with E-state index in [1.165, 1.54) is 0 Å². The van der Waals surface area contributed by atoms with Crippen LogP contribution in [0.1, 0.15) is 0 Å². The van der Waals surface area contributed by atoms with Crippen LogP contribution in [0, 0.1) is 0 Å². The lowest BCUT2D eigenvalue weighted by atomic mass is 10.1. The lowest BCUT2D eigenvalue weighted by Gasteiger charge is -2.23. The van der Waals surface area contributed by atoms with Crippen LogP contribution in [0.2, 0.25) is 0 Å². The molecule has 0 aliphatic carbocycles. The monoisotopic (exact) mass is 350 g/mol. The molecule has 1 atom stereocenters. The van der Waals surface area contributed by atoms with Gasteiger partial charge in [0, 0.05) is 23.1 Å². The highest BCUT2D eigenvalue weighted by Crippen LogP contribution is 2.28. The Labute approximate surface area is 152 Å². The van der Waals surface area contributed by atoms with Crippen LogP contribution in [-0.4, -0.2) is 42.9 Å². The van der Waals surface area contributed by atoms with Crippen LogP contribution >= 0.6 is 0 Å². The fourth-order valence-electron chi connectivity index (χ4n) is 3.31. The summed E-state index contributed by atoms with van der Waals surface area (Å²) in [5, 5.41) is 4.10. The van der Waals surface area contributed by atoms with Gasteiger partial charge in [-0.05, 0) is 17.7 Å². The van der Waals surface area contributed by atoms with Gasteiger partial charge in [-0.15, -0.1) is 0 Å². The number of amides is 1. The summed E-state index contributed by atoms with van der Waals surface area (Å²) in [6, 6.07) is 20.4. The molecule has 2 heterocycles. The first kappa shape index (κ1) is 16.8. The van der Waals surface area contributed by atoms with E-state index in [1.54, 1.807) is 0 Å². The molecular formula is C21H22N2O3. The molecule has 1 amide bonds. The maximum atomic E-state index is 12.6. The average molecular weight is 350 g/mol. The second kappa shape index (κ2) is 7.72. The number of nitrogens with one attached hydrogen (secondary N) is 1. The third-order valence-electron chi connectivity index (χ3n) is 4.59. The normalized spacial score (nSPS) is 17.3. The summed E-state index contributed by atoms with van der Waals surface area (Å²) in [6.45, 7) is 2.48. The number of ether oxygens (including phenoxy) is 2. The van der Waals surface area contributed by atoms with E-state index in [0.29, 0.717) is 26.4 Å². The number of carbonyl (C=O) groups excluding carboxylic acids is 1. The number of rotatable bonds is 5. The van der Waals surface area contributed by atoms with Gasteiger partial charge in [0.05, 0.1) is 25.9 Å². The van der Waals surface area contributed by atoms with Crippen molar-refractivity contribution in [2.75, 3.05) is 26.4 Å². The molecule has 1 unspecified atom stereocenters. The molecule has 5 nitrogen and oxygen atoms in total. The molecule has 0 bridgehead atoms. The van der Waals surface area contributed by atoms with Crippen LogP contribution in [-0.2, 0) is 20.8 Å². The molecular weight excluding hydrogens is 328 g/mol. The molecule has 4 rings (SSSR count). The van der Waals surface area contributed by atoms with Crippen LogP contribution < -0.4 is 5.32 Å². The van der Waals surface area contributed by atoms with Crippen molar-refractivity contribution in [1.82, 2.24) is 9.88 Å². The van der Waals surface area contributed by atoms with Gasteiger partial charge in [0.2, 0.25) is 5.91 Å². The van der Waals surface area contributed by atoms with E-state index >= 15 is 0 Å². The summed E-state index contributed by atoms with van der Waals surface area (Å²) in [4.78, 5) is 12.6. The van der Waals surface area contributed by atoms with Crippen LogP contribution in [0.4, 0.5) is 0 Å². The molecule has 1 aromatic heterocycles.